The van der Waals surface area contributed by atoms with Gasteiger partial charge >= 0.3 is 6.09 Å². The van der Waals surface area contributed by atoms with Crippen molar-refractivity contribution in [2.45, 2.75) is 32.9 Å². The number of piperazine rings is 1. The van der Waals surface area contributed by atoms with Crippen molar-refractivity contribution >= 4 is 17.6 Å². The first-order valence-corrected chi connectivity index (χ1v) is 12.7. The first-order valence-electron chi connectivity index (χ1n) is 12.7. The first-order chi connectivity index (χ1) is 17.7. The molecule has 1 aromatic carbocycles. The van der Waals surface area contributed by atoms with Crippen molar-refractivity contribution in [3.05, 3.63) is 72.7 Å². The number of nitrogens with zero attached hydrogens (tertiary/aromatic N) is 5. The van der Waals surface area contributed by atoms with Crippen LogP contribution in [0.4, 0.5) is 10.6 Å². The van der Waals surface area contributed by atoms with Gasteiger partial charge in [0.05, 0.1) is 11.9 Å². The van der Waals surface area contributed by atoms with E-state index in [1.165, 1.54) is 0 Å². The van der Waals surface area contributed by atoms with Gasteiger partial charge in [0.15, 0.2) is 0 Å². The Balaban J connectivity index is 1.27. The number of likely N-dealkylation sites (N-methyl/N-ethyl adjacent to an activating group) is 1. The number of fused-ring (bicyclic) bond motifs is 1. The Labute approximate surface area is 217 Å². The molecule has 0 saturated carbocycles. The van der Waals surface area contributed by atoms with Crippen molar-refractivity contribution in [2.75, 3.05) is 38.1 Å². The number of aromatic nitrogens is 3. The third-order valence-electron chi connectivity index (χ3n) is 6.51. The summed E-state index contributed by atoms with van der Waals surface area (Å²) >= 11 is 0. The lowest BCUT2D eigenvalue weighted by atomic mass is 10.1. The summed E-state index contributed by atoms with van der Waals surface area (Å²) in [6, 6.07) is 16.6. The van der Waals surface area contributed by atoms with Crippen LogP contribution in [0.3, 0.4) is 0 Å². The van der Waals surface area contributed by atoms with E-state index in [0.717, 1.165) is 65.6 Å². The van der Waals surface area contributed by atoms with Crippen LogP contribution in [0, 0.1) is 0 Å². The summed E-state index contributed by atoms with van der Waals surface area (Å²) in [5, 5.41) is 2.80. The summed E-state index contributed by atoms with van der Waals surface area (Å²) in [4.78, 5) is 26.0. The number of benzene rings is 1. The third-order valence-corrected chi connectivity index (χ3v) is 6.51. The van der Waals surface area contributed by atoms with Crippen LogP contribution < -0.4 is 10.2 Å². The largest absolute Gasteiger partial charge is 0.444 e. The monoisotopic (exact) mass is 498 g/mol. The fourth-order valence-electron chi connectivity index (χ4n) is 4.43. The number of ether oxygens (including phenoxy) is 1. The lowest BCUT2D eigenvalue weighted by molar-refractivity contribution is 0.0523. The fraction of sp³-hybridized carbons (Fsp3) is 0.345. The SMILES string of the molecule is CN1CCN(c2ccc(-c3ccn4c(-c5ccc(CNC(=O)OC(C)(C)C)cc5)cnc4c3)cn2)CC1. The highest BCUT2D eigenvalue weighted by molar-refractivity contribution is 5.71. The molecule has 1 aliphatic rings. The van der Waals surface area contributed by atoms with Crippen LogP contribution in [0.2, 0.25) is 0 Å². The molecule has 192 valence electrons. The number of rotatable bonds is 5. The number of carbonyl (C=O) groups is 1. The molecule has 8 nitrogen and oxygen atoms in total. The maximum Gasteiger partial charge on any atom is 0.407 e. The van der Waals surface area contributed by atoms with Crippen LogP contribution in [-0.4, -0.2) is 64.2 Å². The second kappa shape index (κ2) is 10.2. The first kappa shape index (κ1) is 24.8. The number of hydrogen-bond acceptors (Lipinski definition) is 6. The summed E-state index contributed by atoms with van der Waals surface area (Å²) in [6.07, 6.45) is 5.48. The minimum atomic E-state index is -0.512. The number of carbonyl (C=O) groups excluding carboxylic acids is 1. The molecule has 0 atom stereocenters. The van der Waals surface area contributed by atoms with Gasteiger partial charge in [-0.1, -0.05) is 24.3 Å². The van der Waals surface area contributed by atoms with Crippen LogP contribution in [0.1, 0.15) is 26.3 Å². The van der Waals surface area contributed by atoms with Gasteiger partial charge in [-0.25, -0.2) is 14.8 Å². The predicted molar refractivity (Wildman–Crippen MR) is 147 cm³/mol. The van der Waals surface area contributed by atoms with E-state index in [4.69, 9.17) is 9.72 Å². The molecule has 0 radical (unpaired) electrons. The Morgan fingerprint density at radius 2 is 1.65 bits per heavy atom. The van der Waals surface area contributed by atoms with E-state index in [1.807, 2.05) is 57.4 Å². The van der Waals surface area contributed by atoms with Gasteiger partial charge in [-0.05, 0) is 63.2 Å². The molecule has 1 amide bonds. The fourth-order valence-corrected chi connectivity index (χ4v) is 4.43. The maximum absolute atomic E-state index is 11.9. The molecule has 4 heterocycles. The van der Waals surface area contributed by atoms with Crippen molar-refractivity contribution in [1.82, 2.24) is 24.6 Å². The highest BCUT2D eigenvalue weighted by Gasteiger charge is 2.17. The van der Waals surface area contributed by atoms with Gasteiger partial charge in [-0.15, -0.1) is 0 Å². The lowest BCUT2D eigenvalue weighted by Crippen LogP contribution is -2.44. The lowest BCUT2D eigenvalue weighted by Gasteiger charge is -2.33. The zero-order chi connectivity index (χ0) is 26.0. The molecular formula is C29H34N6O2. The van der Waals surface area contributed by atoms with Gasteiger partial charge in [-0.2, -0.15) is 0 Å². The normalized spacial score (nSPS) is 14.6. The Kier molecular flexibility index (Phi) is 6.84. The molecule has 0 aliphatic carbocycles. The summed E-state index contributed by atoms with van der Waals surface area (Å²) in [5.74, 6) is 1.03. The Morgan fingerprint density at radius 3 is 2.32 bits per heavy atom. The molecule has 37 heavy (non-hydrogen) atoms. The van der Waals surface area contributed by atoms with Crippen LogP contribution in [-0.2, 0) is 11.3 Å². The average molecular weight is 499 g/mol. The number of alkyl carbamates (subject to hydrolysis) is 1. The molecule has 1 saturated heterocycles. The van der Waals surface area contributed by atoms with E-state index in [9.17, 15) is 4.79 Å². The summed E-state index contributed by atoms with van der Waals surface area (Å²) in [7, 11) is 2.16. The Hall–Kier alpha value is -3.91. The summed E-state index contributed by atoms with van der Waals surface area (Å²) in [6.45, 7) is 10.1. The quantitative estimate of drug-likeness (QED) is 0.424. The van der Waals surface area contributed by atoms with Crippen molar-refractivity contribution in [3.8, 4) is 22.4 Å². The predicted octanol–water partition coefficient (Wildman–Crippen LogP) is 4.84. The van der Waals surface area contributed by atoms with Crippen LogP contribution in [0.25, 0.3) is 28.0 Å². The molecule has 1 fully saturated rings. The summed E-state index contributed by atoms with van der Waals surface area (Å²) < 4.78 is 7.39. The number of amides is 1. The van der Waals surface area contributed by atoms with E-state index in [-0.39, 0.29) is 0 Å². The molecule has 4 aromatic rings. The van der Waals surface area contributed by atoms with Gasteiger partial charge in [0.2, 0.25) is 0 Å². The number of nitrogens with one attached hydrogen (secondary N) is 1. The van der Waals surface area contributed by atoms with Gasteiger partial charge in [0.1, 0.15) is 17.1 Å². The van der Waals surface area contributed by atoms with Crippen LogP contribution in [0.5, 0.6) is 0 Å². The average Bonchev–Trinajstić information content (AvgIpc) is 3.31. The maximum atomic E-state index is 11.9. The van der Waals surface area contributed by atoms with Gasteiger partial charge in [0, 0.05) is 56.2 Å². The molecule has 0 unspecified atom stereocenters. The molecule has 1 aliphatic heterocycles. The van der Waals surface area contributed by atoms with Crippen molar-refractivity contribution in [2.24, 2.45) is 0 Å². The second-order valence-electron chi connectivity index (χ2n) is 10.5. The van der Waals surface area contributed by atoms with Gasteiger partial charge in [0.25, 0.3) is 0 Å². The Morgan fingerprint density at radius 1 is 0.919 bits per heavy atom. The van der Waals surface area contributed by atoms with Crippen molar-refractivity contribution in [3.63, 3.8) is 0 Å². The molecule has 3 aromatic heterocycles. The zero-order valence-corrected chi connectivity index (χ0v) is 21.9. The molecule has 1 N–H and O–H groups in total. The highest BCUT2D eigenvalue weighted by atomic mass is 16.6. The molecule has 8 heteroatoms. The van der Waals surface area contributed by atoms with E-state index in [2.05, 4.69) is 62.0 Å². The molecule has 5 rings (SSSR count). The van der Waals surface area contributed by atoms with E-state index in [0.29, 0.717) is 6.54 Å². The highest BCUT2D eigenvalue weighted by Crippen LogP contribution is 2.26. The van der Waals surface area contributed by atoms with Crippen molar-refractivity contribution < 1.29 is 9.53 Å². The van der Waals surface area contributed by atoms with Gasteiger partial charge in [-0.3, -0.25) is 4.40 Å². The molecule has 0 bridgehead atoms. The standard InChI is InChI=1S/C29H34N6O2/c1-29(2,3)37-28(36)32-18-21-5-7-22(8-6-21)25-20-31-27-17-23(11-12-35(25)27)24-9-10-26(30-19-24)34-15-13-33(4)14-16-34/h5-12,17,19-20H,13-16,18H2,1-4H3,(H,32,36). The van der Waals surface area contributed by atoms with Crippen molar-refractivity contribution in [1.29, 1.82) is 0 Å². The minimum Gasteiger partial charge on any atom is -0.444 e. The van der Waals surface area contributed by atoms with Crippen LogP contribution in [0.15, 0.2) is 67.1 Å². The molecular weight excluding hydrogens is 464 g/mol. The van der Waals surface area contributed by atoms with Gasteiger partial charge < -0.3 is 19.9 Å². The zero-order valence-electron chi connectivity index (χ0n) is 21.9. The van der Waals surface area contributed by atoms with Crippen LogP contribution >= 0.6 is 0 Å². The number of anilines is 1. The molecule has 0 spiro atoms. The second-order valence-corrected chi connectivity index (χ2v) is 10.5. The minimum absolute atomic E-state index is 0.410. The summed E-state index contributed by atoms with van der Waals surface area (Å²) in [5.41, 5.74) is 5.60. The third kappa shape index (κ3) is 5.91. The topological polar surface area (TPSA) is 75.0 Å². The number of hydrogen-bond donors (Lipinski definition) is 1. The number of pyridine rings is 2. The van der Waals surface area contributed by atoms with E-state index >= 15 is 0 Å². The van der Waals surface area contributed by atoms with E-state index < -0.39 is 11.7 Å². The number of imidazole rings is 1. The smallest absolute Gasteiger partial charge is 0.407 e. The van der Waals surface area contributed by atoms with E-state index in [1.54, 1.807) is 0 Å². The Bertz CT molecular complexity index is 1360.